The SMILES string of the molecule is Cc1ccc(CN(C)C(=O)CCC(C)CCN)o1. The van der Waals surface area contributed by atoms with E-state index in [2.05, 4.69) is 6.92 Å². The van der Waals surface area contributed by atoms with Gasteiger partial charge in [-0.2, -0.15) is 0 Å². The highest BCUT2D eigenvalue weighted by atomic mass is 16.3. The van der Waals surface area contributed by atoms with Crippen molar-refractivity contribution in [3.8, 4) is 0 Å². The molecule has 0 fully saturated rings. The summed E-state index contributed by atoms with van der Waals surface area (Å²) >= 11 is 0. The van der Waals surface area contributed by atoms with E-state index in [0.29, 0.717) is 25.4 Å². The molecule has 0 aromatic carbocycles. The molecule has 0 radical (unpaired) electrons. The summed E-state index contributed by atoms with van der Waals surface area (Å²) < 4.78 is 5.46. The number of furan rings is 1. The zero-order valence-electron chi connectivity index (χ0n) is 11.6. The third kappa shape index (κ3) is 4.92. The van der Waals surface area contributed by atoms with Crippen LogP contribution in [0, 0.1) is 12.8 Å². The number of nitrogens with zero attached hydrogens (tertiary/aromatic N) is 1. The Morgan fingerprint density at radius 1 is 1.44 bits per heavy atom. The molecule has 0 saturated heterocycles. The van der Waals surface area contributed by atoms with E-state index < -0.39 is 0 Å². The fraction of sp³-hybridized carbons (Fsp3) is 0.643. The Morgan fingerprint density at radius 2 is 2.17 bits per heavy atom. The first kappa shape index (κ1) is 14.8. The van der Waals surface area contributed by atoms with Gasteiger partial charge in [-0.1, -0.05) is 6.92 Å². The highest BCUT2D eigenvalue weighted by Crippen LogP contribution is 2.13. The predicted molar refractivity (Wildman–Crippen MR) is 72.0 cm³/mol. The van der Waals surface area contributed by atoms with E-state index in [4.69, 9.17) is 10.2 Å². The van der Waals surface area contributed by atoms with Crippen molar-refractivity contribution in [2.24, 2.45) is 11.7 Å². The second kappa shape index (κ2) is 7.21. The normalized spacial score (nSPS) is 12.4. The molecular weight excluding hydrogens is 228 g/mol. The Hall–Kier alpha value is -1.29. The average Bonchev–Trinajstić information content (AvgIpc) is 2.72. The Labute approximate surface area is 109 Å². The topological polar surface area (TPSA) is 59.5 Å². The third-order valence-electron chi connectivity index (χ3n) is 3.13. The van der Waals surface area contributed by atoms with Crippen molar-refractivity contribution < 1.29 is 9.21 Å². The van der Waals surface area contributed by atoms with E-state index in [-0.39, 0.29) is 5.91 Å². The zero-order valence-corrected chi connectivity index (χ0v) is 11.6. The highest BCUT2D eigenvalue weighted by molar-refractivity contribution is 5.75. The lowest BCUT2D eigenvalue weighted by Crippen LogP contribution is -2.26. The highest BCUT2D eigenvalue weighted by Gasteiger charge is 2.12. The maximum atomic E-state index is 11.9. The van der Waals surface area contributed by atoms with Crippen LogP contribution < -0.4 is 5.73 Å². The van der Waals surface area contributed by atoms with Gasteiger partial charge < -0.3 is 15.1 Å². The van der Waals surface area contributed by atoms with E-state index in [1.807, 2.05) is 26.1 Å². The molecular formula is C14H24N2O2. The first-order chi connectivity index (χ1) is 8.52. The van der Waals surface area contributed by atoms with Gasteiger partial charge in [-0.05, 0) is 44.4 Å². The lowest BCUT2D eigenvalue weighted by Gasteiger charge is -2.17. The first-order valence-electron chi connectivity index (χ1n) is 6.52. The van der Waals surface area contributed by atoms with Crippen molar-refractivity contribution in [1.29, 1.82) is 0 Å². The van der Waals surface area contributed by atoms with Crippen LogP contribution in [-0.4, -0.2) is 24.4 Å². The number of carbonyl (C=O) groups is 1. The maximum absolute atomic E-state index is 11.9. The molecule has 18 heavy (non-hydrogen) atoms. The summed E-state index contributed by atoms with van der Waals surface area (Å²) in [6.45, 7) is 5.27. The molecule has 1 heterocycles. The molecule has 1 aromatic rings. The fourth-order valence-electron chi connectivity index (χ4n) is 1.88. The van der Waals surface area contributed by atoms with E-state index >= 15 is 0 Å². The van der Waals surface area contributed by atoms with Gasteiger partial charge in [0.25, 0.3) is 0 Å². The van der Waals surface area contributed by atoms with Gasteiger partial charge in [-0.25, -0.2) is 0 Å². The molecule has 4 heteroatoms. The van der Waals surface area contributed by atoms with Gasteiger partial charge in [-0.3, -0.25) is 4.79 Å². The smallest absolute Gasteiger partial charge is 0.222 e. The summed E-state index contributed by atoms with van der Waals surface area (Å²) in [5.41, 5.74) is 5.49. The summed E-state index contributed by atoms with van der Waals surface area (Å²) in [5.74, 6) is 2.38. The van der Waals surface area contributed by atoms with Gasteiger partial charge in [-0.15, -0.1) is 0 Å². The monoisotopic (exact) mass is 252 g/mol. The lowest BCUT2D eigenvalue weighted by molar-refractivity contribution is -0.130. The van der Waals surface area contributed by atoms with Crippen LogP contribution >= 0.6 is 0 Å². The third-order valence-corrected chi connectivity index (χ3v) is 3.13. The quantitative estimate of drug-likeness (QED) is 0.810. The largest absolute Gasteiger partial charge is 0.464 e. The van der Waals surface area contributed by atoms with Crippen LogP contribution in [0.1, 0.15) is 37.7 Å². The minimum Gasteiger partial charge on any atom is -0.464 e. The number of hydrogen-bond acceptors (Lipinski definition) is 3. The molecule has 0 aliphatic heterocycles. The number of nitrogens with two attached hydrogens (primary N) is 1. The summed E-state index contributed by atoms with van der Waals surface area (Å²) in [6, 6.07) is 3.83. The molecule has 1 amide bonds. The van der Waals surface area contributed by atoms with Crippen molar-refractivity contribution in [3.63, 3.8) is 0 Å². The lowest BCUT2D eigenvalue weighted by atomic mass is 10.0. The van der Waals surface area contributed by atoms with Crippen molar-refractivity contribution in [2.45, 2.75) is 39.7 Å². The summed E-state index contributed by atoms with van der Waals surface area (Å²) in [7, 11) is 1.81. The van der Waals surface area contributed by atoms with Crippen LogP contribution in [0.5, 0.6) is 0 Å². The molecule has 0 spiro atoms. The molecule has 102 valence electrons. The van der Waals surface area contributed by atoms with Crippen LogP contribution in [-0.2, 0) is 11.3 Å². The van der Waals surface area contributed by atoms with Crippen LogP contribution in [0.15, 0.2) is 16.5 Å². The van der Waals surface area contributed by atoms with E-state index in [1.165, 1.54) is 0 Å². The molecule has 2 N–H and O–H groups in total. The molecule has 1 aromatic heterocycles. The Balaban J connectivity index is 2.33. The van der Waals surface area contributed by atoms with Crippen LogP contribution in [0.4, 0.5) is 0 Å². The molecule has 4 nitrogen and oxygen atoms in total. The first-order valence-corrected chi connectivity index (χ1v) is 6.52. The summed E-state index contributed by atoms with van der Waals surface area (Å²) in [6.07, 6.45) is 2.46. The second-order valence-electron chi connectivity index (χ2n) is 4.98. The van der Waals surface area contributed by atoms with Gasteiger partial charge in [0.1, 0.15) is 11.5 Å². The standard InChI is InChI=1S/C14H24N2O2/c1-11(8-9-15)4-7-14(17)16(3)10-13-6-5-12(2)18-13/h5-6,11H,4,7-10,15H2,1-3H3. The summed E-state index contributed by atoms with van der Waals surface area (Å²) in [4.78, 5) is 13.6. The van der Waals surface area contributed by atoms with Crippen LogP contribution in [0.25, 0.3) is 0 Å². The van der Waals surface area contributed by atoms with E-state index in [9.17, 15) is 4.79 Å². The number of hydrogen-bond donors (Lipinski definition) is 1. The van der Waals surface area contributed by atoms with E-state index in [1.54, 1.807) is 4.90 Å². The molecule has 1 rings (SSSR count). The molecule has 0 aliphatic rings. The number of amides is 1. The Morgan fingerprint density at radius 3 is 2.72 bits per heavy atom. The number of aryl methyl sites for hydroxylation is 1. The minimum absolute atomic E-state index is 0.160. The van der Waals surface area contributed by atoms with Gasteiger partial charge in [0.05, 0.1) is 6.54 Å². The second-order valence-corrected chi connectivity index (χ2v) is 4.98. The zero-order chi connectivity index (χ0) is 13.5. The van der Waals surface area contributed by atoms with Crippen molar-refractivity contribution >= 4 is 5.91 Å². The van der Waals surface area contributed by atoms with Gasteiger partial charge in [0, 0.05) is 13.5 Å². The fourth-order valence-corrected chi connectivity index (χ4v) is 1.88. The predicted octanol–water partition coefficient (Wildman–Crippen LogP) is 2.31. The molecule has 0 saturated carbocycles. The maximum Gasteiger partial charge on any atom is 0.222 e. The Bertz CT molecular complexity index is 374. The van der Waals surface area contributed by atoms with Crippen molar-refractivity contribution in [3.05, 3.63) is 23.7 Å². The minimum atomic E-state index is 0.160. The number of carbonyl (C=O) groups excluding carboxylic acids is 1. The van der Waals surface area contributed by atoms with Gasteiger partial charge >= 0.3 is 0 Å². The molecule has 1 atom stereocenters. The van der Waals surface area contributed by atoms with Crippen molar-refractivity contribution in [1.82, 2.24) is 4.90 Å². The average molecular weight is 252 g/mol. The van der Waals surface area contributed by atoms with Gasteiger partial charge in [0.15, 0.2) is 0 Å². The number of rotatable bonds is 7. The van der Waals surface area contributed by atoms with Crippen LogP contribution in [0.2, 0.25) is 0 Å². The summed E-state index contributed by atoms with van der Waals surface area (Å²) in [5, 5.41) is 0. The Kier molecular flexibility index (Phi) is 5.92. The van der Waals surface area contributed by atoms with Crippen molar-refractivity contribution in [2.75, 3.05) is 13.6 Å². The van der Waals surface area contributed by atoms with E-state index in [0.717, 1.165) is 24.4 Å². The molecule has 0 bridgehead atoms. The molecule has 1 unspecified atom stereocenters. The van der Waals surface area contributed by atoms with Crippen LogP contribution in [0.3, 0.4) is 0 Å². The van der Waals surface area contributed by atoms with Gasteiger partial charge in [0.2, 0.25) is 5.91 Å². The molecule has 0 aliphatic carbocycles.